The van der Waals surface area contributed by atoms with Gasteiger partial charge in [-0.15, -0.1) is 10.2 Å². The second-order valence-corrected chi connectivity index (χ2v) is 6.97. The van der Waals surface area contributed by atoms with Crippen LogP contribution in [0.2, 0.25) is 0 Å². The summed E-state index contributed by atoms with van der Waals surface area (Å²) in [6, 6.07) is 3.42. The standard InChI is InChI=1S/C16H20N6O2S/c17-16-21-20-13(25-16)3-8-19-14(23)11-4-9-22(10-5-11)15(24)12-1-6-18-7-2-12/h1-2,6-7,11H,3-5,8-10H2,(H2,17,21)(H,19,23). The van der Waals surface area contributed by atoms with Crippen LogP contribution in [0.1, 0.15) is 28.2 Å². The van der Waals surface area contributed by atoms with Crippen LogP contribution < -0.4 is 11.1 Å². The van der Waals surface area contributed by atoms with E-state index in [-0.39, 0.29) is 17.7 Å². The fourth-order valence-electron chi connectivity index (χ4n) is 2.83. The first-order chi connectivity index (χ1) is 12.1. The normalized spacial score (nSPS) is 15.1. The van der Waals surface area contributed by atoms with E-state index in [1.807, 2.05) is 0 Å². The molecule has 0 bridgehead atoms. The molecule has 1 saturated heterocycles. The zero-order chi connectivity index (χ0) is 17.6. The highest BCUT2D eigenvalue weighted by Crippen LogP contribution is 2.19. The van der Waals surface area contributed by atoms with E-state index in [0.717, 1.165) is 5.01 Å². The number of nitrogens with zero attached hydrogens (tertiary/aromatic N) is 4. The van der Waals surface area contributed by atoms with E-state index in [4.69, 9.17) is 5.73 Å². The molecular formula is C16H20N6O2S. The molecule has 0 saturated carbocycles. The lowest BCUT2D eigenvalue weighted by Gasteiger charge is -2.31. The highest BCUT2D eigenvalue weighted by molar-refractivity contribution is 7.15. The van der Waals surface area contributed by atoms with Gasteiger partial charge in [0.1, 0.15) is 5.01 Å². The zero-order valence-corrected chi connectivity index (χ0v) is 14.5. The molecule has 3 rings (SSSR count). The lowest BCUT2D eigenvalue weighted by molar-refractivity contribution is -0.126. The molecule has 25 heavy (non-hydrogen) atoms. The third-order valence-electron chi connectivity index (χ3n) is 4.20. The second-order valence-electron chi connectivity index (χ2n) is 5.88. The minimum Gasteiger partial charge on any atom is -0.374 e. The summed E-state index contributed by atoms with van der Waals surface area (Å²) in [5, 5.41) is 11.9. The lowest BCUT2D eigenvalue weighted by Crippen LogP contribution is -2.43. The van der Waals surface area contributed by atoms with Gasteiger partial charge in [0.15, 0.2) is 0 Å². The van der Waals surface area contributed by atoms with Crippen molar-refractivity contribution in [3.05, 3.63) is 35.1 Å². The Hall–Kier alpha value is -2.55. The van der Waals surface area contributed by atoms with Crippen molar-refractivity contribution < 1.29 is 9.59 Å². The third-order valence-corrected chi connectivity index (χ3v) is 5.01. The van der Waals surface area contributed by atoms with Gasteiger partial charge in [0, 0.05) is 49.9 Å². The van der Waals surface area contributed by atoms with E-state index in [9.17, 15) is 9.59 Å². The molecule has 1 aliphatic heterocycles. The van der Waals surface area contributed by atoms with Crippen molar-refractivity contribution in [3.63, 3.8) is 0 Å². The van der Waals surface area contributed by atoms with Crippen molar-refractivity contribution >= 4 is 28.3 Å². The predicted octanol–water partition coefficient (Wildman–Crippen LogP) is 0.726. The van der Waals surface area contributed by atoms with E-state index in [1.165, 1.54) is 11.3 Å². The van der Waals surface area contributed by atoms with Gasteiger partial charge in [-0.25, -0.2) is 0 Å². The Labute approximate surface area is 149 Å². The Morgan fingerprint density at radius 3 is 2.60 bits per heavy atom. The lowest BCUT2D eigenvalue weighted by atomic mass is 9.95. The number of nitrogens with one attached hydrogen (secondary N) is 1. The van der Waals surface area contributed by atoms with Crippen LogP contribution in [0.15, 0.2) is 24.5 Å². The van der Waals surface area contributed by atoms with Gasteiger partial charge in [-0.05, 0) is 25.0 Å². The summed E-state index contributed by atoms with van der Waals surface area (Å²) in [6.45, 7) is 1.70. The highest BCUT2D eigenvalue weighted by atomic mass is 32.1. The average Bonchev–Trinajstić information content (AvgIpc) is 3.07. The van der Waals surface area contributed by atoms with Crippen molar-refractivity contribution in [1.29, 1.82) is 0 Å². The average molecular weight is 360 g/mol. The van der Waals surface area contributed by atoms with Gasteiger partial charge in [-0.3, -0.25) is 14.6 Å². The van der Waals surface area contributed by atoms with Crippen molar-refractivity contribution in [2.24, 2.45) is 5.92 Å². The molecular weight excluding hydrogens is 340 g/mol. The third kappa shape index (κ3) is 4.50. The van der Waals surface area contributed by atoms with E-state index in [2.05, 4.69) is 20.5 Å². The first-order valence-electron chi connectivity index (χ1n) is 8.18. The number of carbonyl (C=O) groups excluding carboxylic acids is 2. The maximum absolute atomic E-state index is 12.4. The summed E-state index contributed by atoms with van der Waals surface area (Å²) in [6.07, 6.45) is 5.20. The summed E-state index contributed by atoms with van der Waals surface area (Å²) < 4.78 is 0. The summed E-state index contributed by atoms with van der Waals surface area (Å²) in [4.78, 5) is 30.4. The predicted molar refractivity (Wildman–Crippen MR) is 93.9 cm³/mol. The molecule has 8 nitrogen and oxygen atoms in total. The summed E-state index contributed by atoms with van der Waals surface area (Å²) >= 11 is 1.33. The first-order valence-corrected chi connectivity index (χ1v) is 9.00. The number of hydrogen-bond donors (Lipinski definition) is 2. The minimum atomic E-state index is -0.0546. The van der Waals surface area contributed by atoms with E-state index in [1.54, 1.807) is 29.4 Å². The Balaban J connectivity index is 1.42. The Morgan fingerprint density at radius 1 is 1.24 bits per heavy atom. The Bertz CT molecular complexity index is 727. The van der Waals surface area contributed by atoms with Crippen LogP contribution in [-0.2, 0) is 11.2 Å². The number of likely N-dealkylation sites (tertiary alicyclic amines) is 1. The Morgan fingerprint density at radius 2 is 1.96 bits per heavy atom. The fraction of sp³-hybridized carbons (Fsp3) is 0.438. The van der Waals surface area contributed by atoms with E-state index in [0.29, 0.717) is 49.6 Å². The number of pyridine rings is 1. The second kappa shape index (κ2) is 8.02. The molecule has 0 spiro atoms. The van der Waals surface area contributed by atoms with Crippen molar-refractivity contribution in [3.8, 4) is 0 Å². The molecule has 1 aliphatic rings. The SMILES string of the molecule is Nc1nnc(CCNC(=O)C2CCN(C(=O)c3ccncc3)CC2)s1. The maximum Gasteiger partial charge on any atom is 0.253 e. The van der Waals surface area contributed by atoms with Gasteiger partial charge in [0.2, 0.25) is 11.0 Å². The first kappa shape index (κ1) is 17.3. The molecule has 1 fully saturated rings. The monoisotopic (exact) mass is 360 g/mol. The van der Waals surface area contributed by atoms with Crippen LogP contribution >= 0.6 is 11.3 Å². The molecule has 0 aliphatic carbocycles. The largest absolute Gasteiger partial charge is 0.374 e. The minimum absolute atomic E-state index is 0.00452. The van der Waals surface area contributed by atoms with Crippen LogP contribution in [0.3, 0.4) is 0 Å². The molecule has 2 aromatic heterocycles. The quantitative estimate of drug-likeness (QED) is 0.812. The fourth-order valence-corrected chi connectivity index (χ4v) is 3.44. The number of nitrogens with two attached hydrogens (primary N) is 1. The molecule has 3 heterocycles. The molecule has 0 unspecified atom stereocenters. The number of rotatable bonds is 5. The number of hydrogen-bond acceptors (Lipinski definition) is 7. The number of nitrogen functional groups attached to an aromatic ring is 1. The number of piperidine rings is 1. The molecule has 2 aromatic rings. The van der Waals surface area contributed by atoms with Gasteiger partial charge < -0.3 is 16.0 Å². The summed E-state index contributed by atoms with van der Waals surface area (Å²) in [5.74, 6) is -0.0235. The summed E-state index contributed by atoms with van der Waals surface area (Å²) in [7, 11) is 0. The van der Waals surface area contributed by atoms with Crippen LogP contribution in [0, 0.1) is 5.92 Å². The van der Waals surface area contributed by atoms with Gasteiger partial charge >= 0.3 is 0 Å². The van der Waals surface area contributed by atoms with Crippen LogP contribution in [-0.4, -0.2) is 51.5 Å². The van der Waals surface area contributed by atoms with Crippen LogP contribution in [0.25, 0.3) is 0 Å². The number of anilines is 1. The van der Waals surface area contributed by atoms with Crippen molar-refractivity contribution in [2.75, 3.05) is 25.4 Å². The van der Waals surface area contributed by atoms with Gasteiger partial charge in [-0.2, -0.15) is 0 Å². The van der Waals surface area contributed by atoms with Crippen LogP contribution in [0.4, 0.5) is 5.13 Å². The van der Waals surface area contributed by atoms with Gasteiger partial charge in [0.25, 0.3) is 5.91 Å². The molecule has 9 heteroatoms. The maximum atomic E-state index is 12.4. The van der Waals surface area contributed by atoms with Crippen LogP contribution in [0.5, 0.6) is 0 Å². The molecule has 0 aromatic carbocycles. The van der Waals surface area contributed by atoms with Gasteiger partial charge in [-0.1, -0.05) is 11.3 Å². The Kier molecular flexibility index (Phi) is 5.54. The van der Waals surface area contributed by atoms with Crippen molar-refractivity contribution in [2.45, 2.75) is 19.3 Å². The number of aromatic nitrogens is 3. The molecule has 0 radical (unpaired) electrons. The molecule has 132 valence electrons. The summed E-state index contributed by atoms with van der Waals surface area (Å²) in [5.41, 5.74) is 6.16. The van der Waals surface area contributed by atoms with E-state index >= 15 is 0 Å². The number of amides is 2. The van der Waals surface area contributed by atoms with Gasteiger partial charge in [0.05, 0.1) is 0 Å². The molecule has 3 N–H and O–H groups in total. The zero-order valence-electron chi connectivity index (χ0n) is 13.7. The molecule has 0 atom stereocenters. The topological polar surface area (TPSA) is 114 Å². The smallest absolute Gasteiger partial charge is 0.253 e. The van der Waals surface area contributed by atoms with E-state index < -0.39 is 0 Å². The number of carbonyl (C=O) groups is 2. The van der Waals surface area contributed by atoms with Crippen molar-refractivity contribution in [1.82, 2.24) is 25.4 Å². The molecule has 2 amide bonds. The highest BCUT2D eigenvalue weighted by Gasteiger charge is 2.27.